The van der Waals surface area contributed by atoms with Crippen LogP contribution in [0.2, 0.25) is 0 Å². The average molecular weight is 373 g/mol. The normalized spacial score (nSPS) is 11.7. The Bertz CT molecular complexity index is 819. The molecular formula is C17H17BrN4O. The largest absolute Gasteiger partial charge is 0.421 e. The summed E-state index contributed by atoms with van der Waals surface area (Å²) >= 11 is 3.46. The van der Waals surface area contributed by atoms with Gasteiger partial charge in [-0.2, -0.15) is 0 Å². The second kappa shape index (κ2) is 6.91. The fraction of sp³-hybridized carbons (Fsp3) is 0.235. The number of aromatic nitrogens is 4. The molecule has 6 heteroatoms. The molecule has 0 amide bonds. The Hall–Kier alpha value is -2.21. The minimum Gasteiger partial charge on any atom is -0.421 e. The number of imidazole rings is 1. The first-order valence-electron chi connectivity index (χ1n) is 7.39. The Balaban J connectivity index is 1.72. The van der Waals surface area contributed by atoms with Crippen molar-refractivity contribution < 1.29 is 4.42 Å². The molecule has 0 saturated heterocycles. The van der Waals surface area contributed by atoms with E-state index in [1.807, 2.05) is 36.5 Å². The maximum atomic E-state index is 5.66. The number of rotatable bonds is 5. The molecule has 0 atom stereocenters. The molecule has 0 N–H and O–H groups in total. The number of benzene rings is 1. The SMILES string of the molecule is CC(C)n1ccnc1/C=C/c1nnc(Cc2cccc(Br)c2)o1. The average Bonchev–Trinajstić information content (AvgIpc) is 3.14. The predicted molar refractivity (Wildman–Crippen MR) is 92.8 cm³/mol. The number of hydrogen-bond acceptors (Lipinski definition) is 4. The lowest BCUT2D eigenvalue weighted by atomic mass is 10.1. The molecular weight excluding hydrogens is 356 g/mol. The van der Waals surface area contributed by atoms with Crippen LogP contribution in [0.15, 0.2) is 45.5 Å². The Morgan fingerprint density at radius 2 is 2.13 bits per heavy atom. The van der Waals surface area contributed by atoms with Crippen molar-refractivity contribution in [2.24, 2.45) is 0 Å². The van der Waals surface area contributed by atoms with E-state index in [4.69, 9.17) is 4.42 Å². The van der Waals surface area contributed by atoms with Gasteiger partial charge in [0.1, 0.15) is 5.82 Å². The molecule has 2 heterocycles. The second-order valence-corrected chi connectivity index (χ2v) is 6.38. The van der Waals surface area contributed by atoms with E-state index in [1.165, 1.54) is 0 Å². The van der Waals surface area contributed by atoms with Crippen LogP contribution < -0.4 is 0 Å². The van der Waals surface area contributed by atoms with E-state index >= 15 is 0 Å². The van der Waals surface area contributed by atoms with Gasteiger partial charge in [-0.15, -0.1) is 10.2 Å². The topological polar surface area (TPSA) is 56.7 Å². The van der Waals surface area contributed by atoms with Gasteiger partial charge >= 0.3 is 0 Å². The summed E-state index contributed by atoms with van der Waals surface area (Å²) in [5, 5.41) is 8.14. The lowest BCUT2D eigenvalue weighted by Crippen LogP contribution is -2.01. The van der Waals surface area contributed by atoms with Crippen LogP contribution in [0.3, 0.4) is 0 Å². The zero-order chi connectivity index (χ0) is 16.2. The first-order valence-corrected chi connectivity index (χ1v) is 8.19. The van der Waals surface area contributed by atoms with E-state index in [9.17, 15) is 0 Å². The third-order valence-corrected chi connectivity index (χ3v) is 3.85. The Morgan fingerprint density at radius 3 is 2.91 bits per heavy atom. The van der Waals surface area contributed by atoms with Crippen LogP contribution in [-0.4, -0.2) is 19.7 Å². The van der Waals surface area contributed by atoms with Crippen molar-refractivity contribution in [2.75, 3.05) is 0 Å². The molecule has 0 aliphatic carbocycles. The summed E-state index contributed by atoms with van der Waals surface area (Å²) in [6, 6.07) is 8.40. The van der Waals surface area contributed by atoms with Gasteiger partial charge in [-0.25, -0.2) is 4.98 Å². The summed E-state index contributed by atoms with van der Waals surface area (Å²) < 4.78 is 8.78. The smallest absolute Gasteiger partial charge is 0.240 e. The van der Waals surface area contributed by atoms with Crippen molar-refractivity contribution in [2.45, 2.75) is 26.3 Å². The van der Waals surface area contributed by atoms with Gasteiger partial charge in [0.15, 0.2) is 0 Å². The summed E-state index contributed by atoms with van der Waals surface area (Å²) in [6.07, 6.45) is 8.03. The summed E-state index contributed by atoms with van der Waals surface area (Å²) in [7, 11) is 0. The Labute approximate surface area is 143 Å². The molecule has 3 rings (SSSR count). The Kier molecular flexibility index (Phi) is 4.71. The fourth-order valence-electron chi connectivity index (χ4n) is 2.26. The quantitative estimate of drug-likeness (QED) is 0.666. The van der Waals surface area contributed by atoms with Crippen LogP contribution in [0.4, 0.5) is 0 Å². The van der Waals surface area contributed by atoms with Crippen LogP contribution in [-0.2, 0) is 6.42 Å². The summed E-state index contributed by atoms with van der Waals surface area (Å²) in [5.41, 5.74) is 1.12. The molecule has 5 nitrogen and oxygen atoms in total. The van der Waals surface area contributed by atoms with Gasteiger partial charge in [-0.05, 0) is 37.6 Å². The zero-order valence-corrected chi connectivity index (χ0v) is 14.6. The van der Waals surface area contributed by atoms with Crippen LogP contribution in [0.5, 0.6) is 0 Å². The van der Waals surface area contributed by atoms with Crippen molar-refractivity contribution in [3.63, 3.8) is 0 Å². The third kappa shape index (κ3) is 3.96. The van der Waals surface area contributed by atoms with Gasteiger partial charge in [0.25, 0.3) is 0 Å². The predicted octanol–water partition coefficient (Wildman–Crippen LogP) is 4.37. The summed E-state index contributed by atoms with van der Waals surface area (Å²) in [5.74, 6) is 1.94. The highest BCUT2D eigenvalue weighted by atomic mass is 79.9. The van der Waals surface area contributed by atoms with Crippen molar-refractivity contribution in [3.8, 4) is 0 Å². The molecule has 0 radical (unpaired) electrons. The monoisotopic (exact) mass is 372 g/mol. The van der Waals surface area contributed by atoms with Crippen molar-refractivity contribution in [1.29, 1.82) is 0 Å². The zero-order valence-electron chi connectivity index (χ0n) is 13.0. The first kappa shape index (κ1) is 15.7. The van der Waals surface area contributed by atoms with Crippen molar-refractivity contribution in [3.05, 3.63) is 64.3 Å². The molecule has 0 aliphatic heterocycles. The van der Waals surface area contributed by atoms with E-state index in [0.717, 1.165) is 15.9 Å². The molecule has 3 aromatic rings. The lowest BCUT2D eigenvalue weighted by Gasteiger charge is -2.07. The van der Waals surface area contributed by atoms with E-state index in [2.05, 4.69) is 49.5 Å². The van der Waals surface area contributed by atoms with Gasteiger partial charge < -0.3 is 8.98 Å². The minimum atomic E-state index is 0.354. The molecule has 2 aromatic heterocycles. The van der Waals surface area contributed by atoms with Crippen molar-refractivity contribution >= 4 is 28.1 Å². The molecule has 0 aliphatic rings. The summed E-state index contributed by atoms with van der Waals surface area (Å²) in [6.45, 7) is 4.23. The van der Waals surface area contributed by atoms with E-state index in [-0.39, 0.29) is 0 Å². The molecule has 0 bridgehead atoms. The van der Waals surface area contributed by atoms with Crippen molar-refractivity contribution in [1.82, 2.24) is 19.7 Å². The number of hydrogen-bond donors (Lipinski definition) is 0. The van der Waals surface area contributed by atoms with Crippen LogP contribution in [0, 0.1) is 0 Å². The maximum Gasteiger partial charge on any atom is 0.240 e. The number of nitrogens with zero attached hydrogens (tertiary/aromatic N) is 4. The van der Waals surface area contributed by atoms with Gasteiger partial charge in [0, 0.05) is 29.0 Å². The van der Waals surface area contributed by atoms with Gasteiger partial charge in [0.2, 0.25) is 11.8 Å². The minimum absolute atomic E-state index is 0.354. The standard InChI is InChI=1S/C17H17BrN4O/c1-12(2)22-9-8-19-15(22)6-7-16-20-21-17(23-16)11-13-4-3-5-14(18)10-13/h3-10,12H,11H2,1-2H3/b7-6+. The second-order valence-electron chi connectivity index (χ2n) is 5.46. The van der Waals surface area contributed by atoms with Crippen LogP contribution in [0.25, 0.3) is 12.2 Å². The fourth-order valence-corrected chi connectivity index (χ4v) is 2.71. The highest BCUT2D eigenvalue weighted by Crippen LogP contribution is 2.16. The van der Waals surface area contributed by atoms with Gasteiger partial charge in [0.05, 0.1) is 6.42 Å². The van der Waals surface area contributed by atoms with Crippen LogP contribution >= 0.6 is 15.9 Å². The third-order valence-electron chi connectivity index (χ3n) is 3.36. The molecule has 23 heavy (non-hydrogen) atoms. The molecule has 0 fully saturated rings. The van der Waals surface area contributed by atoms with E-state index in [1.54, 1.807) is 12.3 Å². The molecule has 118 valence electrons. The maximum absolute atomic E-state index is 5.66. The highest BCUT2D eigenvalue weighted by Gasteiger charge is 2.06. The highest BCUT2D eigenvalue weighted by molar-refractivity contribution is 9.10. The molecule has 0 unspecified atom stereocenters. The van der Waals surface area contributed by atoms with Gasteiger partial charge in [-0.3, -0.25) is 0 Å². The first-order chi connectivity index (χ1) is 11.1. The van der Waals surface area contributed by atoms with E-state index in [0.29, 0.717) is 24.2 Å². The van der Waals surface area contributed by atoms with Gasteiger partial charge in [-0.1, -0.05) is 28.1 Å². The molecule has 1 aromatic carbocycles. The Morgan fingerprint density at radius 1 is 1.26 bits per heavy atom. The molecule has 0 saturated carbocycles. The van der Waals surface area contributed by atoms with E-state index < -0.39 is 0 Å². The van der Waals surface area contributed by atoms with Crippen LogP contribution in [0.1, 0.15) is 43.1 Å². The number of halogens is 1. The summed E-state index contributed by atoms with van der Waals surface area (Å²) in [4.78, 5) is 4.32. The lowest BCUT2D eigenvalue weighted by molar-refractivity contribution is 0.496. The molecule has 0 spiro atoms.